The number of hydrogen-bond acceptors (Lipinski definition) is 5. The van der Waals surface area contributed by atoms with Crippen molar-refractivity contribution < 1.29 is 13.2 Å². The van der Waals surface area contributed by atoms with Crippen LogP contribution < -0.4 is 10.0 Å². The number of amides is 2. The van der Waals surface area contributed by atoms with Gasteiger partial charge in [-0.25, -0.2) is 17.9 Å². The van der Waals surface area contributed by atoms with Gasteiger partial charge in [-0.3, -0.25) is 4.90 Å². The number of para-hydroxylation sites is 1. The van der Waals surface area contributed by atoms with Crippen LogP contribution in [0, 0.1) is 11.3 Å². The summed E-state index contributed by atoms with van der Waals surface area (Å²) in [5.41, 5.74) is 2.64. The van der Waals surface area contributed by atoms with Crippen LogP contribution in [-0.2, 0) is 10.0 Å². The lowest BCUT2D eigenvalue weighted by molar-refractivity contribution is 0.251. The molecular formula is C20H30N4O3S. The molecule has 0 unspecified atom stereocenters. The number of benzene rings is 1. The molecule has 0 atom stereocenters. The summed E-state index contributed by atoms with van der Waals surface area (Å²) in [6.07, 6.45) is 0.814. The summed E-state index contributed by atoms with van der Waals surface area (Å²) in [5.74, 6) is 0.380. The molecule has 1 heterocycles. The van der Waals surface area contributed by atoms with E-state index in [1.54, 1.807) is 0 Å². The lowest BCUT2D eigenvalue weighted by Crippen LogP contribution is -2.46. The molecule has 0 aromatic heterocycles. The molecule has 1 aromatic carbocycles. The van der Waals surface area contributed by atoms with Crippen LogP contribution >= 0.6 is 0 Å². The molecule has 28 heavy (non-hydrogen) atoms. The first kappa shape index (κ1) is 22.2. The Bertz CT molecular complexity index is 809. The topological polar surface area (TPSA) is 102 Å². The van der Waals surface area contributed by atoms with Crippen molar-refractivity contribution >= 4 is 21.7 Å². The Hall–Kier alpha value is -2.11. The van der Waals surface area contributed by atoms with Crippen LogP contribution in [0.25, 0.3) is 0 Å². The average Bonchev–Trinajstić information content (AvgIpc) is 2.61. The fourth-order valence-electron chi connectivity index (χ4n) is 3.52. The second-order valence-electron chi connectivity index (χ2n) is 7.86. The van der Waals surface area contributed by atoms with Gasteiger partial charge in [0.1, 0.15) is 0 Å². The maximum absolute atomic E-state index is 12.6. The molecule has 0 saturated carbocycles. The molecule has 2 N–H and O–H groups in total. The number of rotatable bonds is 6. The fraction of sp³-hybridized carbons (Fsp3) is 0.600. The average molecular weight is 407 g/mol. The van der Waals surface area contributed by atoms with Crippen molar-refractivity contribution in [3.63, 3.8) is 0 Å². The Balaban J connectivity index is 2.11. The van der Waals surface area contributed by atoms with E-state index in [2.05, 4.69) is 16.1 Å². The highest BCUT2D eigenvalue weighted by atomic mass is 32.2. The lowest BCUT2D eigenvalue weighted by atomic mass is 9.93. The largest absolute Gasteiger partial charge is 0.332 e. The molecule has 2 rings (SSSR count). The van der Waals surface area contributed by atoms with Crippen molar-refractivity contribution in [2.75, 3.05) is 25.0 Å². The number of sulfonamides is 1. The highest BCUT2D eigenvalue weighted by Crippen LogP contribution is 2.32. The molecule has 0 aliphatic carbocycles. The van der Waals surface area contributed by atoms with E-state index in [4.69, 9.17) is 5.26 Å². The van der Waals surface area contributed by atoms with E-state index < -0.39 is 21.3 Å². The Morgan fingerprint density at radius 1 is 1.18 bits per heavy atom. The first-order valence-corrected chi connectivity index (χ1v) is 11.2. The minimum Gasteiger partial charge on any atom is -0.307 e. The number of likely N-dealkylation sites (tertiary alicyclic amines) is 1. The van der Waals surface area contributed by atoms with E-state index in [1.165, 1.54) is 0 Å². The second kappa shape index (κ2) is 9.39. The number of urea groups is 1. The predicted molar refractivity (Wildman–Crippen MR) is 111 cm³/mol. The molecule has 2 amide bonds. The van der Waals surface area contributed by atoms with Crippen LogP contribution in [0.15, 0.2) is 18.2 Å². The smallest absolute Gasteiger partial charge is 0.307 e. The predicted octanol–water partition coefficient (Wildman–Crippen LogP) is 3.37. The third-order valence-corrected chi connectivity index (χ3v) is 6.93. The van der Waals surface area contributed by atoms with Gasteiger partial charge in [0.25, 0.3) is 0 Å². The maximum atomic E-state index is 12.6. The SMILES string of the molecule is CC(C)c1cccc(C(C)C)c1NC(=O)NS(=O)(=O)C1CCN(CC#N)CC1. The molecule has 1 fully saturated rings. The zero-order valence-corrected chi connectivity index (χ0v) is 17.8. The number of hydrogen-bond donors (Lipinski definition) is 2. The van der Waals surface area contributed by atoms with Gasteiger partial charge in [-0.1, -0.05) is 45.9 Å². The van der Waals surface area contributed by atoms with E-state index in [0.717, 1.165) is 11.1 Å². The number of anilines is 1. The van der Waals surface area contributed by atoms with Gasteiger partial charge >= 0.3 is 6.03 Å². The minimum atomic E-state index is -3.78. The Kier molecular flexibility index (Phi) is 7.44. The molecule has 8 heteroatoms. The van der Waals surface area contributed by atoms with Crippen LogP contribution in [0.5, 0.6) is 0 Å². The summed E-state index contributed by atoms with van der Waals surface area (Å²) in [5, 5.41) is 10.9. The van der Waals surface area contributed by atoms with Gasteiger partial charge in [-0.05, 0) is 35.8 Å². The van der Waals surface area contributed by atoms with Crippen LogP contribution in [0.1, 0.15) is 63.5 Å². The van der Waals surface area contributed by atoms with E-state index >= 15 is 0 Å². The number of carbonyl (C=O) groups excluding carboxylic acids is 1. The summed E-state index contributed by atoms with van der Waals surface area (Å²) in [4.78, 5) is 14.4. The van der Waals surface area contributed by atoms with Crippen LogP contribution in [0.2, 0.25) is 0 Å². The number of nitrogens with one attached hydrogen (secondary N) is 2. The number of piperidine rings is 1. The van der Waals surface area contributed by atoms with Gasteiger partial charge < -0.3 is 5.32 Å². The fourth-order valence-corrected chi connectivity index (χ4v) is 4.83. The first-order valence-electron chi connectivity index (χ1n) is 9.70. The van der Waals surface area contributed by atoms with Gasteiger partial charge in [-0.15, -0.1) is 0 Å². The maximum Gasteiger partial charge on any atom is 0.332 e. The molecule has 0 radical (unpaired) electrons. The zero-order chi connectivity index (χ0) is 20.9. The normalized spacial score (nSPS) is 16.2. The summed E-state index contributed by atoms with van der Waals surface area (Å²) >= 11 is 0. The molecule has 0 bridgehead atoms. The quantitative estimate of drug-likeness (QED) is 0.705. The Morgan fingerprint density at radius 3 is 2.18 bits per heavy atom. The summed E-state index contributed by atoms with van der Waals surface area (Å²) < 4.78 is 27.5. The van der Waals surface area contributed by atoms with Crippen molar-refractivity contribution in [3.8, 4) is 6.07 Å². The van der Waals surface area contributed by atoms with Gasteiger partial charge in [0.15, 0.2) is 0 Å². The highest BCUT2D eigenvalue weighted by molar-refractivity contribution is 7.90. The molecule has 0 spiro atoms. The summed E-state index contributed by atoms with van der Waals surface area (Å²) in [6.45, 7) is 9.51. The van der Waals surface area contributed by atoms with Crippen molar-refractivity contribution in [1.82, 2.24) is 9.62 Å². The Morgan fingerprint density at radius 2 is 1.71 bits per heavy atom. The standard InChI is InChI=1S/C20H30N4O3S/c1-14(2)17-6-5-7-18(15(3)4)19(17)22-20(25)23-28(26,27)16-8-11-24(12-9-16)13-10-21/h5-7,14-16H,8-9,11-13H2,1-4H3,(H2,22,23,25). The van der Waals surface area contributed by atoms with Crippen molar-refractivity contribution in [1.29, 1.82) is 5.26 Å². The lowest BCUT2D eigenvalue weighted by Gasteiger charge is -2.29. The highest BCUT2D eigenvalue weighted by Gasteiger charge is 2.31. The third-order valence-electron chi connectivity index (χ3n) is 5.11. The van der Waals surface area contributed by atoms with Crippen LogP contribution in [-0.4, -0.2) is 44.2 Å². The van der Waals surface area contributed by atoms with E-state index in [1.807, 2.05) is 50.8 Å². The first-order chi connectivity index (χ1) is 13.2. The van der Waals surface area contributed by atoms with Crippen LogP contribution in [0.3, 0.4) is 0 Å². The van der Waals surface area contributed by atoms with Crippen LogP contribution in [0.4, 0.5) is 10.5 Å². The number of nitrogens with zero attached hydrogens (tertiary/aromatic N) is 2. The van der Waals surface area contributed by atoms with Gasteiger partial charge in [0, 0.05) is 18.8 Å². The molecule has 1 aliphatic rings. The van der Waals surface area contributed by atoms with Gasteiger partial charge in [0.05, 0.1) is 17.9 Å². The monoisotopic (exact) mass is 406 g/mol. The van der Waals surface area contributed by atoms with E-state index in [9.17, 15) is 13.2 Å². The van der Waals surface area contributed by atoms with Gasteiger partial charge in [0.2, 0.25) is 10.0 Å². The molecule has 7 nitrogen and oxygen atoms in total. The van der Waals surface area contributed by atoms with Crippen molar-refractivity contribution in [2.24, 2.45) is 0 Å². The third kappa shape index (κ3) is 5.46. The molecule has 1 saturated heterocycles. The number of nitriles is 1. The van der Waals surface area contributed by atoms with Crippen molar-refractivity contribution in [3.05, 3.63) is 29.3 Å². The van der Waals surface area contributed by atoms with Gasteiger partial charge in [-0.2, -0.15) is 5.26 Å². The molecular weight excluding hydrogens is 376 g/mol. The summed E-state index contributed by atoms with van der Waals surface area (Å²) in [7, 11) is -3.78. The second-order valence-corrected chi connectivity index (χ2v) is 9.82. The molecule has 1 aliphatic heterocycles. The Labute approximate surface area is 168 Å². The van der Waals surface area contributed by atoms with E-state index in [0.29, 0.717) is 38.2 Å². The molecule has 1 aromatic rings. The minimum absolute atomic E-state index is 0.190. The molecule has 154 valence electrons. The summed E-state index contributed by atoms with van der Waals surface area (Å²) in [6, 6.07) is 7.21. The van der Waals surface area contributed by atoms with E-state index in [-0.39, 0.29) is 11.8 Å². The number of carbonyl (C=O) groups is 1. The zero-order valence-electron chi connectivity index (χ0n) is 17.0. The van der Waals surface area contributed by atoms with Crippen molar-refractivity contribution in [2.45, 2.75) is 57.6 Å².